The highest BCUT2D eigenvalue weighted by molar-refractivity contribution is 6.04. The van der Waals surface area contributed by atoms with Gasteiger partial charge >= 0.3 is 12.4 Å². The van der Waals surface area contributed by atoms with Gasteiger partial charge in [-0.05, 0) is 37.5 Å². The average molecular weight is 488 g/mol. The second-order valence-electron chi connectivity index (χ2n) is 9.25. The third-order valence-corrected chi connectivity index (χ3v) is 6.79. The number of aromatic nitrogens is 3. The van der Waals surface area contributed by atoms with Crippen LogP contribution in [0, 0.1) is 12.3 Å². The molecule has 9 nitrogen and oxygen atoms in total. The van der Waals surface area contributed by atoms with Gasteiger partial charge in [-0.15, -0.1) is 13.2 Å². The minimum atomic E-state index is -4.81. The topological polar surface area (TPSA) is 103 Å². The molecule has 2 aromatic heterocycles. The van der Waals surface area contributed by atoms with E-state index < -0.39 is 18.1 Å². The monoisotopic (exact) mass is 488 g/mol. The molecule has 35 heavy (non-hydrogen) atoms. The number of urea groups is 1. The van der Waals surface area contributed by atoms with E-state index in [1.54, 1.807) is 36.0 Å². The number of fused-ring (bicyclic) bond motifs is 1. The van der Waals surface area contributed by atoms with E-state index in [9.17, 15) is 22.8 Å². The number of likely N-dealkylation sites (tertiary alicyclic amines) is 1. The Hall–Kier alpha value is -3.83. The summed E-state index contributed by atoms with van der Waals surface area (Å²) >= 11 is 0. The number of aromatic amines is 1. The molecule has 2 fully saturated rings. The predicted octanol–water partition coefficient (Wildman–Crippen LogP) is 3.93. The molecule has 0 unspecified atom stereocenters. The number of alkyl halides is 3. The first-order valence-corrected chi connectivity index (χ1v) is 11.0. The van der Waals surface area contributed by atoms with Crippen molar-refractivity contribution in [2.75, 3.05) is 25.5 Å². The molecule has 1 spiro atoms. The van der Waals surface area contributed by atoms with E-state index in [-0.39, 0.29) is 23.1 Å². The van der Waals surface area contributed by atoms with Crippen molar-refractivity contribution in [2.45, 2.75) is 32.2 Å². The van der Waals surface area contributed by atoms with E-state index in [2.05, 4.69) is 25.0 Å². The number of ether oxygens (including phenoxy) is 1. The molecule has 3 amide bonds. The van der Waals surface area contributed by atoms with E-state index in [1.807, 2.05) is 0 Å². The summed E-state index contributed by atoms with van der Waals surface area (Å²) in [6.45, 7) is 2.86. The summed E-state index contributed by atoms with van der Waals surface area (Å²) in [7, 11) is 1.66. The summed E-state index contributed by atoms with van der Waals surface area (Å²) in [5, 5.41) is 3.35. The van der Waals surface area contributed by atoms with Gasteiger partial charge in [-0.1, -0.05) is 6.07 Å². The van der Waals surface area contributed by atoms with Gasteiger partial charge in [0.1, 0.15) is 23.4 Å². The third kappa shape index (κ3) is 4.35. The summed E-state index contributed by atoms with van der Waals surface area (Å²) in [4.78, 5) is 40.2. The van der Waals surface area contributed by atoms with Gasteiger partial charge in [-0.2, -0.15) is 0 Å². The van der Waals surface area contributed by atoms with Gasteiger partial charge in [0.25, 0.3) is 5.91 Å². The fourth-order valence-corrected chi connectivity index (χ4v) is 4.87. The molecule has 1 aromatic carbocycles. The quantitative estimate of drug-likeness (QED) is 0.579. The van der Waals surface area contributed by atoms with Gasteiger partial charge in [0.15, 0.2) is 0 Å². The molecule has 1 aliphatic heterocycles. The number of H-pyrrole nitrogens is 1. The Kier molecular flexibility index (Phi) is 5.33. The highest BCUT2D eigenvalue weighted by Gasteiger charge is 2.55. The molecular weight excluding hydrogens is 465 g/mol. The van der Waals surface area contributed by atoms with Crippen LogP contribution in [0.25, 0.3) is 11.0 Å². The second kappa shape index (κ2) is 8.14. The lowest BCUT2D eigenvalue weighted by atomic mass is 9.60. The van der Waals surface area contributed by atoms with Crippen LogP contribution in [0.5, 0.6) is 5.75 Å². The summed E-state index contributed by atoms with van der Waals surface area (Å²) in [5.41, 5.74) is 1.81. The van der Waals surface area contributed by atoms with Crippen molar-refractivity contribution >= 4 is 28.7 Å². The normalized spacial score (nSPS) is 17.1. The van der Waals surface area contributed by atoms with Gasteiger partial charge in [-0.25, -0.2) is 14.8 Å². The zero-order valence-electron chi connectivity index (χ0n) is 19.0. The number of rotatable bonds is 4. The van der Waals surface area contributed by atoms with Gasteiger partial charge in [0, 0.05) is 49.5 Å². The number of amides is 3. The number of nitrogens with one attached hydrogen (secondary N) is 2. The summed E-state index contributed by atoms with van der Waals surface area (Å²) in [5.74, 6) is -0.544. The lowest BCUT2D eigenvalue weighted by Gasteiger charge is -2.60. The van der Waals surface area contributed by atoms with Crippen molar-refractivity contribution in [3.63, 3.8) is 0 Å². The molecule has 0 radical (unpaired) electrons. The van der Waals surface area contributed by atoms with Gasteiger partial charge in [0.2, 0.25) is 0 Å². The summed E-state index contributed by atoms with van der Waals surface area (Å²) in [6, 6.07) is 5.13. The Morgan fingerprint density at radius 3 is 2.69 bits per heavy atom. The Morgan fingerprint density at radius 2 is 1.97 bits per heavy atom. The largest absolute Gasteiger partial charge is 0.573 e. The van der Waals surface area contributed by atoms with Crippen LogP contribution >= 0.6 is 0 Å². The van der Waals surface area contributed by atoms with Gasteiger partial charge < -0.3 is 24.8 Å². The van der Waals surface area contributed by atoms with Crippen LogP contribution in [-0.4, -0.2) is 69.2 Å². The molecule has 12 heteroatoms. The molecule has 1 saturated carbocycles. The Balaban J connectivity index is 1.16. The molecular formula is C23H23F3N6O3. The molecule has 0 atom stereocenters. The number of carbonyl (C=O) groups is 2. The first-order valence-electron chi connectivity index (χ1n) is 11.0. The first kappa shape index (κ1) is 22.9. The van der Waals surface area contributed by atoms with Crippen LogP contribution < -0.4 is 10.1 Å². The fraction of sp³-hybridized carbons (Fsp3) is 0.391. The van der Waals surface area contributed by atoms with Crippen LogP contribution in [0.1, 0.15) is 28.9 Å². The van der Waals surface area contributed by atoms with Crippen molar-refractivity contribution in [2.24, 2.45) is 5.41 Å². The van der Waals surface area contributed by atoms with E-state index in [0.717, 1.165) is 18.9 Å². The number of aryl methyl sites for hydroxylation is 1. The highest BCUT2D eigenvalue weighted by atomic mass is 19.4. The molecule has 5 rings (SSSR count). The maximum Gasteiger partial charge on any atom is 0.573 e. The molecule has 1 aliphatic carbocycles. The molecule has 0 bridgehead atoms. The van der Waals surface area contributed by atoms with Crippen LogP contribution in [0.4, 0.5) is 23.7 Å². The standard InChI is InChI=1S/C23H23F3N6O3/c1-13-3-4-15(35-23(24,25)26)7-17(13)30-21(34)31(2)14-8-22(9-14)10-32(11-22)20(33)18-16-5-6-27-19(16)29-12-28-18/h3-7,12,14H,8-11H2,1-2H3,(H,30,34)(H,27,28,29). The Bertz CT molecular complexity index is 1290. The molecule has 3 aromatic rings. The maximum absolute atomic E-state index is 12.9. The molecule has 2 aliphatic rings. The molecule has 3 heterocycles. The van der Waals surface area contributed by atoms with Crippen LogP contribution in [-0.2, 0) is 0 Å². The number of carbonyl (C=O) groups excluding carboxylic acids is 2. The summed E-state index contributed by atoms with van der Waals surface area (Å²) < 4.78 is 41.5. The van der Waals surface area contributed by atoms with Crippen LogP contribution in [0.2, 0.25) is 0 Å². The molecule has 184 valence electrons. The SMILES string of the molecule is Cc1ccc(OC(F)(F)F)cc1NC(=O)N(C)C1CC2(C1)CN(C(=O)c1ncnc3[nH]ccc13)C2. The Morgan fingerprint density at radius 1 is 1.23 bits per heavy atom. The van der Waals surface area contributed by atoms with E-state index >= 15 is 0 Å². The smallest absolute Gasteiger partial charge is 0.406 e. The number of anilines is 1. The van der Waals surface area contributed by atoms with E-state index in [4.69, 9.17) is 0 Å². The van der Waals surface area contributed by atoms with Gasteiger partial charge in [-0.3, -0.25) is 4.79 Å². The predicted molar refractivity (Wildman–Crippen MR) is 120 cm³/mol. The highest BCUT2D eigenvalue weighted by Crippen LogP contribution is 2.50. The number of hydrogen-bond donors (Lipinski definition) is 2. The van der Waals surface area contributed by atoms with Crippen molar-refractivity contribution in [1.82, 2.24) is 24.8 Å². The maximum atomic E-state index is 12.9. The van der Waals surface area contributed by atoms with Crippen molar-refractivity contribution < 1.29 is 27.5 Å². The van der Waals surface area contributed by atoms with Crippen LogP contribution in [0.15, 0.2) is 36.8 Å². The van der Waals surface area contributed by atoms with E-state index in [1.165, 1.54) is 18.5 Å². The van der Waals surface area contributed by atoms with Crippen molar-refractivity contribution in [3.8, 4) is 5.75 Å². The summed E-state index contributed by atoms with van der Waals surface area (Å²) in [6.07, 6.45) is -0.263. The minimum Gasteiger partial charge on any atom is -0.406 e. The van der Waals surface area contributed by atoms with Crippen molar-refractivity contribution in [3.05, 3.63) is 48.0 Å². The van der Waals surface area contributed by atoms with E-state index in [0.29, 0.717) is 35.4 Å². The molecule has 1 saturated heterocycles. The zero-order chi connectivity index (χ0) is 25.0. The number of hydrogen-bond acceptors (Lipinski definition) is 5. The number of benzene rings is 1. The molecule has 2 N–H and O–H groups in total. The zero-order valence-corrected chi connectivity index (χ0v) is 19.0. The lowest BCUT2D eigenvalue weighted by Crippen LogP contribution is -2.67. The third-order valence-electron chi connectivity index (χ3n) is 6.79. The van der Waals surface area contributed by atoms with Crippen molar-refractivity contribution in [1.29, 1.82) is 0 Å². The number of halogens is 3. The first-order chi connectivity index (χ1) is 16.5. The number of nitrogens with zero attached hydrogens (tertiary/aromatic N) is 4. The lowest BCUT2D eigenvalue weighted by molar-refractivity contribution is -0.274. The van der Waals surface area contributed by atoms with Gasteiger partial charge in [0.05, 0.1) is 5.39 Å². The fourth-order valence-electron chi connectivity index (χ4n) is 4.87. The Labute approximate surface area is 198 Å². The minimum absolute atomic E-state index is 0.0300. The van der Waals surface area contributed by atoms with Crippen LogP contribution in [0.3, 0.4) is 0 Å². The average Bonchev–Trinajstić information content (AvgIpc) is 3.21. The second-order valence-corrected chi connectivity index (χ2v) is 9.25.